The van der Waals surface area contributed by atoms with Gasteiger partial charge in [0, 0.05) is 121 Å². The molecule has 6 N–H and O–H groups in total. The number of methoxy groups -OCH3 is 1. The van der Waals surface area contributed by atoms with Gasteiger partial charge in [0.1, 0.15) is 85.4 Å². The number of aliphatic imine (C=N–C) groups is 3. The average molecular weight is 2100 g/mol. The Bertz CT molecular complexity index is 4640. The first-order valence-electron chi connectivity index (χ1n) is 44.3. The smallest absolute Gasteiger partial charge is 0.240 e. The molecule has 4 heterocycles. The van der Waals surface area contributed by atoms with Gasteiger partial charge in [0.25, 0.3) is 0 Å². The minimum absolute atomic E-state index is 0. The minimum Gasteiger partial charge on any atom is -0.507 e. The number of carbonyl (C=O) groups is 7. The van der Waals surface area contributed by atoms with E-state index in [2.05, 4.69) is 104 Å². The zero-order chi connectivity index (χ0) is 111. The Morgan fingerprint density at radius 2 is 1.04 bits per heavy atom. The van der Waals surface area contributed by atoms with Crippen LogP contribution in [0, 0.1) is 75.9 Å². The molecule has 0 spiro atoms. The van der Waals surface area contributed by atoms with E-state index in [0.717, 1.165) is 40.2 Å². The number of allylic oxidation sites excluding steroid dienone is 2. The molecule has 5 rings (SSSR count). The Morgan fingerprint density at radius 1 is 0.657 bits per heavy atom. The standard InChI is InChI=1S/C8H10O2.C7H12N2O.C7H12N2.C7H11NO3S.C7H15NO3S.C7H11NO.C6H13NO3S.C6H9NO.C6H12O2.C5H10O2.C5H13OP.C5H12O.C5H10O.C4H11O2P.2C4H10O2S.CH4/c1-4(2)6-7(9)5(3)8(6)10;1-5-8-6(9-10-5)7(2,3)4;1-7(2,3)6-8-4-5-9-6;1-6(2)12(9,10)5-7-8-3-4-11-7;1-6(2)7(9)5-12(10,11)8(3)4;1-5(2)7-4-6(3)8-9-7;1-6(2,3)5(8)7-11(4,9)10;1-5(2)6(8)3-4-7;1-5(2)6(7)4-8-3;1-4(2)5(7)3-6;1-5(2)7(3,4)6;2*1-4(2)5(3)6;3*1-4(2)7(3,5)6;/h4,9H,3H2,1-2H3;1H2,2-4H3,(H,8,9);4H,5H2,1-3H3;3-4,6H,5H2,1-2H3;6H,5H2,1-4H3;4-5H,1-3H3;1-4H3,(H,7,8);5H,3H2,1-2H3;5H,4H2,1-3H3;4,6H,3H2,1-2H3;5H,1-4H3;4-6H,1-3H3;4H,1-3H3;4H,1-3H3,(H,5,6);2*4H,1-3H3;1H4. The number of aliphatic hydroxyl groups excluding tert-OH is 3. The molecule has 2 atom stereocenters. The number of nitriles is 1. The molecule has 43 heteroatoms. The van der Waals surface area contributed by atoms with Gasteiger partial charge in [-0.25, -0.2) is 61.9 Å². The zero-order valence-electron chi connectivity index (χ0n) is 91.3. The maximum absolute atomic E-state index is 11.3. The number of carbonyl (C=O) groups excluding carboxylic acids is 7. The highest BCUT2D eigenvalue weighted by Gasteiger charge is 2.33. The lowest BCUT2D eigenvalue weighted by molar-refractivity contribution is -0.127. The number of aromatic nitrogens is 2. The van der Waals surface area contributed by atoms with Crippen molar-refractivity contribution < 1.29 is 124 Å². The van der Waals surface area contributed by atoms with Gasteiger partial charge in [-0.2, -0.15) is 10.3 Å². The number of ketones is 6. The number of Topliss-reactive ketones (excluding diaryl/α,β-unsaturated/α-hetero) is 6. The van der Waals surface area contributed by atoms with E-state index in [-0.39, 0.29) is 159 Å². The van der Waals surface area contributed by atoms with E-state index in [1.54, 1.807) is 138 Å². The number of aliphatic hydroxyl groups is 3. The van der Waals surface area contributed by atoms with Gasteiger partial charge < -0.3 is 43.3 Å². The molecular formula is C94H185N9O27P2S5. The Morgan fingerprint density at radius 3 is 1.18 bits per heavy atom. The molecule has 2 aliphatic heterocycles. The number of oxazole rings is 1. The summed E-state index contributed by atoms with van der Waals surface area (Å²) < 4.78 is 146. The summed E-state index contributed by atoms with van der Waals surface area (Å²) in [5, 5.41) is 36.8. The monoisotopic (exact) mass is 2090 g/mol. The number of amidine groups is 2. The number of ether oxygens (including phenoxy) is 1. The van der Waals surface area contributed by atoms with Crippen molar-refractivity contribution in [1.82, 2.24) is 24.6 Å². The third kappa shape index (κ3) is 92.5. The number of hydrogen-bond acceptors (Lipinski definition) is 33. The molecular weight excluding hydrogens is 1910 g/mol. The number of amides is 1. The molecule has 1 aliphatic carbocycles. The Balaban J connectivity index is -0.000000122. The first-order chi connectivity index (χ1) is 60.4. The molecule has 0 saturated carbocycles. The largest absolute Gasteiger partial charge is 0.507 e. The van der Waals surface area contributed by atoms with Crippen LogP contribution in [-0.2, 0) is 108 Å². The molecule has 1 amide bonds. The SMILES string of the molecule is C.C=C1C(=O)C(C(C)C)=C1O.C=C1N=C(C(C)(C)C)NO1.CC(=O)C(C)C.CC(C)(C)C(=O)NS(C)(=O)=O.CC(C)(C)C1=NCC=N1.CC(C)C(=O)CC#N.CC(C)C(=O)CO.CC(C)C(=O)CS(=O)(=O)N(C)C.CC(C)C(C)O.CC(C)P(C)(=O)O.CC(C)P(C)(C)=O.CC(C)S(=O)(=O)Cc1ncco1.CC(C)S(C)(=O)=O.CC(C)S(C)(=O)=O.COCC(=O)C(C)C.Cc1cc(C(C)C)on1. The van der Waals surface area contributed by atoms with Crippen molar-refractivity contribution in [3.8, 4) is 6.07 Å². The van der Waals surface area contributed by atoms with Crippen molar-refractivity contribution in [2.24, 2.45) is 72.6 Å². The molecule has 2 unspecified atom stereocenters. The maximum Gasteiger partial charge on any atom is 0.240 e. The predicted molar refractivity (Wildman–Crippen MR) is 561 cm³/mol. The molecule has 808 valence electrons. The molecule has 2 aromatic rings. The number of nitrogens with one attached hydrogen (secondary N) is 2. The van der Waals surface area contributed by atoms with Gasteiger partial charge in [-0.05, 0) is 94.1 Å². The van der Waals surface area contributed by atoms with Crippen LogP contribution in [0.25, 0.3) is 0 Å². The summed E-state index contributed by atoms with van der Waals surface area (Å²) in [6.07, 6.45) is 7.98. The number of sulfone groups is 3. The summed E-state index contributed by atoms with van der Waals surface area (Å²) >= 11 is 0. The second-order valence-corrected chi connectivity index (χ2v) is 57.6. The Hall–Kier alpha value is -6.96. The number of sulfonamides is 2. The summed E-state index contributed by atoms with van der Waals surface area (Å²) in [5.41, 5.74) is 4.17. The van der Waals surface area contributed by atoms with Gasteiger partial charge >= 0.3 is 0 Å². The second-order valence-electron chi connectivity index (χ2n) is 39.0. The van der Waals surface area contributed by atoms with Gasteiger partial charge in [-0.1, -0.05) is 220 Å². The van der Waals surface area contributed by atoms with Crippen molar-refractivity contribution in [2.45, 2.75) is 322 Å². The summed E-state index contributed by atoms with van der Waals surface area (Å²) in [4.78, 5) is 104. The van der Waals surface area contributed by atoms with E-state index >= 15 is 0 Å². The first kappa shape index (κ1) is 155. The van der Waals surface area contributed by atoms with Crippen LogP contribution in [0.5, 0.6) is 0 Å². The predicted octanol–water partition coefficient (Wildman–Crippen LogP) is 17.1. The van der Waals surface area contributed by atoms with E-state index in [1.165, 1.54) is 52.8 Å². The average Bonchev–Trinajstić information content (AvgIpc) is 1.78. The number of nitrogens with zero attached hydrogens (tertiary/aromatic N) is 7. The van der Waals surface area contributed by atoms with Gasteiger partial charge in [0.15, 0.2) is 40.3 Å². The van der Waals surface area contributed by atoms with Gasteiger partial charge in [-0.3, -0.25) is 47.8 Å². The van der Waals surface area contributed by atoms with Crippen molar-refractivity contribution in [1.29, 1.82) is 5.26 Å². The van der Waals surface area contributed by atoms with Crippen LogP contribution in [0.1, 0.15) is 293 Å². The van der Waals surface area contributed by atoms with Crippen LogP contribution < -0.4 is 10.2 Å². The normalized spacial score (nSPS) is 13.4. The highest BCUT2D eigenvalue weighted by atomic mass is 32.2. The Labute approximate surface area is 828 Å². The quantitative estimate of drug-likeness (QED) is 0.0444. The van der Waals surface area contributed by atoms with Crippen LogP contribution in [0.2, 0.25) is 0 Å². The van der Waals surface area contributed by atoms with Crippen LogP contribution in [0.4, 0.5) is 0 Å². The van der Waals surface area contributed by atoms with Crippen LogP contribution in [-0.4, -0.2) is 254 Å². The molecule has 0 aromatic carbocycles. The fraction of sp³-hybridized carbons (Fsp3) is 0.755. The number of hydrogen-bond donors (Lipinski definition) is 6. The van der Waals surface area contributed by atoms with Gasteiger partial charge in [0.2, 0.25) is 37.7 Å². The number of hydroxylamine groups is 1. The summed E-state index contributed by atoms with van der Waals surface area (Å²) in [6, 6.07) is 3.76. The lowest BCUT2D eigenvalue weighted by atomic mass is 9.82. The third-order valence-electron chi connectivity index (χ3n) is 17.6. The van der Waals surface area contributed by atoms with Crippen molar-refractivity contribution in [2.75, 3.05) is 85.5 Å². The van der Waals surface area contributed by atoms with Crippen molar-refractivity contribution >= 4 is 123 Å². The van der Waals surface area contributed by atoms with Crippen LogP contribution >= 0.6 is 14.5 Å². The molecule has 0 fully saturated rings. The van der Waals surface area contributed by atoms with E-state index in [1.807, 2.05) is 106 Å². The molecule has 36 nitrogen and oxygen atoms in total. The molecule has 2 aromatic heterocycles. The van der Waals surface area contributed by atoms with E-state index in [4.69, 9.17) is 39.3 Å². The third-order valence-corrected chi connectivity index (χ3v) is 29.8. The van der Waals surface area contributed by atoms with E-state index < -0.39 is 81.1 Å². The lowest BCUT2D eigenvalue weighted by Crippen LogP contribution is -2.38. The molecule has 137 heavy (non-hydrogen) atoms. The molecule has 0 saturated heterocycles. The topological polar surface area (TPSA) is 564 Å². The van der Waals surface area contributed by atoms with Crippen molar-refractivity contribution in [3.05, 3.63) is 71.8 Å². The van der Waals surface area contributed by atoms with E-state index in [9.17, 15) is 84.8 Å². The Kier molecular flexibility index (Phi) is 85.0. The molecule has 3 aliphatic rings. The highest BCUT2D eigenvalue weighted by Crippen LogP contribution is 2.42. The first-order valence-corrected chi connectivity index (χ1v) is 58.2. The summed E-state index contributed by atoms with van der Waals surface area (Å²) in [6.45, 7) is 82.7. The van der Waals surface area contributed by atoms with E-state index in [0.29, 0.717) is 29.0 Å². The van der Waals surface area contributed by atoms with Crippen LogP contribution in [0.15, 0.2) is 78.4 Å². The maximum atomic E-state index is 11.3. The molecule has 0 radical (unpaired) electrons. The molecule has 0 bridgehead atoms. The fourth-order valence-corrected chi connectivity index (χ4v) is 7.64. The fourth-order valence-electron chi connectivity index (χ4n) is 5.23. The summed E-state index contributed by atoms with van der Waals surface area (Å²) in [7, 11) is -15.4. The second kappa shape index (κ2) is 74.9. The van der Waals surface area contributed by atoms with Gasteiger partial charge in [0.05, 0.1) is 71.8 Å². The van der Waals surface area contributed by atoms with Crippen molar-refractivity contribution in [3.63, 3.8) is 0 Å². The van der Waals surface area contributed by atoms with Crippen LogP contribution in [0.3, 0.4) is 0 Å². The lowest BCUT2D eigenvalue weighted by Gasteiger charge is -2.22. The minimum atomic E-state index is -3.41. The zero-order valence-corrected chi connectivity index (χ0v) is 97.2. The number of aryl methyl sites for hydroxylation is 1. The number of rotatable bonds is 23. The van der Waals surface area contributed by atoms with Gasteiger partial charge in [-0.15, -0.1) is 0 Å². The highest BCUT2D eigenvalue weighted by molar-refractivity contribution is 7.92. The summed E-state index contributed by atoms with van der Waals surface area (Å²) in [5.74, 6) is 3.62.